The van der Waals surface area contributed by atoms with E-state index in [9.17, 15) is 9.90 Å². The molecule has 0 aliphatic carbocycles. The second kappa shape index (κ2) is 7.88. The minimum atomic E-state index is -0.637. The molecule has 1 rings (SSSR count). The van der Waals surface area contributed by atoms with Gasteiger partial charge in [0.1, 0.15) is 11.5 Å². The number of carbonyl (C=O) groups excluding carboxylic acids is 1. The number of methoxy groups -OCH3 is 1. The highest BCUT2D eigenvalue weighted by atomic mass is 16.5. The number of benzene rings is 1. The second-order valence-electron chi connectivity index (χ2n) is 5.07. The SMILES string of the molecule is CCC(CC)(CO)NC(=O)C(C)Oc1ccc(OC)cc1. The molecule has 0 spiro atoms. The van der Waals surface area contributed by atoms with E-state index in [1.807, 2.05) is 13.8 Å². The Kier molecular flexibility index (Phi) is 6.49. The van der Waals surface area contributed by atoms with Gasteiger partial charge in [0.15, 0.2) is 6.10 Å². The summed E-state index contributed by atoms with van der Waals surface area (Å²) >= 11 is 0. The van der Waals surface area contributed by atoms with E-state index >= 15 is 0 Å². The summed E-state index contributed by atoms with van der Waals surface area (Å²) in [5.41, 5.74) is -0.575. The van der Waals surface area contributed by atoms with E-state index in [1.54, 1.807) is 38.3 Å². The van der Waals surface area contributed by atoms with Gasteiger partial charge in [-0.15, -0.1) is 0 Å². The summed E-state index contributed by atoms with van der Waals surface area (Å²) in [6.45, 7) is 5.48. The predicted molar refractivity (Wildman–Crippen MR) is 81.6 cm³/mol. The van der Waals surface area contributed by atoms with Crippen LogP contribution in [0.4, 0.5) is 0 Å². The van der Waals surface area contributed by atoms with Crippen LogP contribution in [0.5, 0.6) is 11.5 Å². The topological polar surface area (TPSA) is 67.8 Å². The molecule has 0 aliphatic rings. The Morgan fingerprint density at radius 3 is 2.19 bits per heavy atom. The monoisotopic (exact) mass is 295 g/mol. The van der Waals surface area contributed by atoms with Crippen LogP contribution in [-0.2, 0) is 4.79 Å². The van der Waals surface area contributed by atoms with Gasteiger partial charge in [0, 0.05) is 0 Å². The first-order valence-corrected chi connectivity index (χ1v) is 7.23. The minimum Gasteiger partial charge on any atom is -0.497 e. The first-order valence-electron chi connectivity index (χ1n) is 7.23. The zero-order valence-electron chi connectivity index (χ0n) is 13.2. The van der Waals surface area contributed by atoms with Gasteiger partial charge in [-0.05, 0) is 44.0 Å². The fraction of sp³-hybridized carbons (Fsp3) is 0.562. The first kappa shape index (κ1) is 17.3. The molecule has 5 heteroatoms. The second-order valence-corrected chi connectivity index (χ2v) is 5.07. The van der Waals surface area contributed by atoms with Gasteiger partial charge in [-0.2, -0.15) is 0 Å². The Bertz CT molecular complexity index is 432. The molecule has 0 aromatic heterocycles. The molecule has 0 heterocycles. The number of amides is 1. The maximum atomic E-state index is 12.2. The van der Waals surface area contributed by atoms with E-state index in [2.05, 4.69) is 5.32 Å². The van der Waals surface area contributed by atoms with Crippen molar-refractivity contribution in [3.63, 3.8) is 0 Å². The number of carbonyl (C=O) groups is 1. The van der Waals surface area contributed by atoms with Crippen LogP contribution < -0.4 is 14.8 Å². The Morgan fingerprint density at radius 1 is 1.24 bits per heavy atom. The van der Waals surface area contributed by atoms with Crippen LogP contribution in [0.1, 0.15) is 33.6 Å². The lowest BCUT2D eigenvalue weighted by molar-refractivity contribution is -0.130. The van der Waals surface area contributed by atoms with E-state index in [1.165, 1.54) is 0 Å². The molecule has 0 radical (unpaired) electrons. The number of aliphatic hydroxyl groups is 1. The maximum Gasteiger partial charge on any atom is 0.261 e. The first-order chi connectivity index (χ1) is 10.00. The average molecular weight is 295 g/mol. The molecule has 0 saturated heterocycles. The van der Waals surface area contributed by atoms with Gasteiger partial charge in [-0.1, -0.05) is 13.8 Å². The van der Waals surface area contributed by atoms with Crippen molar-refractivity contribution in [2.75, 3.05) is 13.7 Å². The van der Waals surface area contributed by atoms with Crippen molar-refractivity contribution in [1.29, 1.82) is 0 Å². The third-order valence-corrected chi connectivity index (χ3v) is 3.79. The average Bonchev–Trinajstić information content (AvgIpc) is 2.53. The molecule has 5 nitrogen and oxygen atoms in total. The van der Waals surface area contributed by atoms with Crippen LogP contribution in [0.3, 0.4) is 0 Å². The highest BCUT2D eigenvalue weighted by molar-refractivity contribution is 5.81. The third-order valence-electron chi connectivity index (χ3n) is 3.79. The lowest BCUT2D eigenvalue weighted by Gasteiger charge is -2.32. The van der Waals surface area contributed by atoms with Crippen LogP contribution in [0, 0.1) is 0 Å². The summed E-state index contributed by atoms with van der Waals surface area (Å²) in [7, 11) is 1.59. The molecule has 1 atom stereocenters. The summed E-state index contributed by atoms with van der Waals surface area (Å²) in [5.74, 6) is 1.10. The highest BCUT2D eigenvalue weighted by Crippen LogP contribution is 2.19. The maximum absolute atomic E-state index is 12.2. The van der Waals surface area contributed by atoms with Crippen LogP contribution >= 0.6 is 0 Å². The van der Waals surface area contributed by atoms with Crippen molar-refractivity contribution >= 4 is 5.91 Å². The molecule has 118 valence electrons. The molecule has 1 aromatic rings. The van der Waals surface area contributed by atoms with Crippen LogP contribution in [0.15, 0.2) is 24.3 Å². The number of hydrogen-bond donors (Lipinski definition) is 2. The number of nitrogens with one attached hydrogen (secondary N) is 1. The Balaban J connectivity index is 2.65. The molecule has 2 N–H and O–H groups in total. The lowest BCUT2D eigenvalue weighted by Crippen LogP contribution is -2.53. The summed E-state index contributed by atoms with van der Waals surface area (Å²) < 4.78 is 10.7. The van der Waals surface area contributed by atoms with Crippen molar-refractivity contribution < 1.29 is 19.4 Å². The Hall–Kier alpha value is -1.75. The van der Waals surface area contributed by atoms with E-state index < -0.39 is 11.6 Å². The van der Waals surface area contributed by atoms with Gasteiger partial charge in [0.25, 0.3) is 5.91 Å². The van der Waals surface area contributed by atoms with E-state index in [4.69, 9.17) is 9.47 Å². The van der Waals surface area contributed by atoms with Gasteiger partial charge in [0.05, 0.1) is 19.3 Å². The van der Waals surface area contributed by atoms with E-state index in [0.717, 1.165) is 5.75 Å². The third kappa shape index (κ3) is 4.63. The number of ether oxygens (including phenoxy) is 2. The van der Waals surface area contributed by atoms with E-state index in [-0.39, 0.29) is 12.5 Å². The predicted octanol–water partition coefficient (Wildman–Crippen LogP) is 2.13. The van der Waals surface area contributed by atoms with Crippen LogP contribution in [0.2, 0.25) is 0 Å². The molecule has 1 unspecified atom stereocenters. The summed E-state index contributed by atoms with van der Waals surface area (Å²) in [6.07, 6.45) is 0.699. The number of hydrogen-bond acceptors (Lipinski definition) is 4. The van der Waals surface area contributed by atoms with Crippen molar-refractivity contribution in [3.05, 3.63) is 24.3 Å². The fourth-order valence-electron chi connectivity index (χ4n) is 1.96. The van der Waals surface area contributed by atoms with Crippen molar-refractivity contribution in [2.45, 2.75) is 45.3 Å². The number of rotatable bonds is 8. The van der Waals surface area contributed by atoms with Gasteiger partial charge in [-0.25, -0.2) is 0 Å². The lowest BCUT2D eigenvalue weighted by atomic mass is 9.93. The van der Waals surface area contributed by atoms with Crippen LogP contribution in [0.25, 0.3) is 0 Å². The number of aliphatic hydroxyl groups excluding tert-OH is 1. The molecule has 21 heavy (non-hydrogen) atoms. The molecule has 1 amide bonds. The Labute approximate surface area is 126 Å². The van der Waals surface area contributed by atoms with Crippen LogP contribution in [-0.4, -0.2) is 36.4 Å². The summed E-state index contributed by atoms with van der Waals surface area (Å²) in [6, 6.07) is 7.05. The van der Waals surface area contributed by atoms with E-state index in [0.29, 0.717) is 18.6 Å². The molecular formula is C16H25NO4. The molecule has 0 fully saturated rings. The van der Waals surface area contributed by atoms with Gasteiger partial charge in [-0.3, -0.25) is 4.79 Å². The highest BCUT2D eigenvalue weighted by Gasteiger charge is 2.29. The molecular weight excluding hydrogens is 270 g/mol. The standard InChI is InChI=1S/C16H25NO4/c1-5-16(6-2,11-18)17-15(19)12(3)21-14-9-7-13(20-4)8-10-14/h7-10,12,18H,5-6,11H2,1-4H3,(H,17,19). The van der Waals surface area contributed by atoms with Gasteiger partial charge in [0.2, 0.25) is 0 Å². The molecule has 0 bridgehead atoms. The minimum absolute atomic E-state index is 0.0823. The quantitative estimate of drug-likeness (QED) is 0.771. The zero-order chi connectivity index (χ0) is 15.9. The van der Waals surface area contributed by atoms with Crippen molar-refractivity contribution in [3.8, 4) is 11.5 Å². The van der Waals surface area contributed by atoms with Crippen molar-refractivity contribution in [1.82, 2.24) is 5.32 Å². The fourth-order valence-corrected chi connectivity index (χ4v) is 1.96. The largest absolute Gasteiger partial charge is 0.497 e. The molecule has 1 aromatic carbocycles. The summed E-state index contributed by atoms with van der Waals surface area (Å²) in [4.78, 5) is 12.2. The molecule has 0 aliphatic heterocycles. The Morgan fingerprint density at radius 2 is 1.76 bits per heavy atom. The van der Waals surface area contributed by atoms with Gasteiger partial charge < -0.3 is 19.9 Å². The smallest absolute Gasteiger partial charge is 0.261 e. The molecule has 0 saturated carbocycles. The van der Waals surface area contributed by atoms with Crippen molar-refractivity contribution in [2.24, 2.45) is 0 Å². The van der Waals surface area contributed by atoms with Gasteiger partial charge >= 0.3 is 0 Å². The zero-order valence-corrected chi connectivity index (χ0v) is 13.2. The summed E-state index contributed by atoms with van der Waals surface area (Å²) in [5, 5.41) is 12.4. The normalized spacial score (nSPS) is 12.6.